The maximum atomic E-state index is 11.9. The summed E-state index contributed by atoms with van der Waals surface area (Å²) in [5.41, 5.74) is 1.28. The molecule has 3 aromatic rings. The predicted octanol–water partition coefficient (Wildman–Crippen LogP) is 4.59. The van der Waals surface area contributed by atoms with E-state index in [9.17, 15) is 9.90 Å². The third-order valence-electron chi connectivity index (χ3n) is 3.59. The number of phenolic OH excluding ortho intramolecular Hbond substituents is 1. The van der Waals surface area contributed by atoms with Crippen LogP contribution in [0.15, 0.2) is 55.9 Å². The van der Waals surface area contributed by atoms with E-state index in [0.717, 1.165) is 4.47 Å². The topological polar surface area (TPSA) is 102 Å². The first kappa shape index (κ1) is 15.9. The highest BCUT2D eigenvalue weighted by molar-refractivity contribution is 9.10. The van der Waals surface area contributed by atoms with Crippen LogP contribution in [0.5, 0.6) is 5.75 Å². The average molecular weight is 383 g/mol. The average Bonchev–Trinajstić information content (AvgIpc) is 2.56. The van der Waals surface area contributed by atoms with Gasteiger partial charge in [-0.2, -0.15) is 10.4 Å². The van der Waals surface area contributed by atoms with E-state index in [1.54, 1.807) is 25.1 Å². The smallest absolute Gasteiger partial charge is 0.266 e. The van der Waals surface area contributed by atoms with Gasteiger partial charge in [0, 0.05) is 9.86 Å². The minimum absolute atomic E-state index is 0.00630. The number of phenols is 1. The standard InChI is InChI=1S/C17H11BrN4O2/c1-9-12(8-19)17(24)20-13-6-7-14(23)16(15(9)13)22-21-11-4-2-10(18)3-5-11/h2-7,23H,1H3,(H,20,24). The number of rotatable bonds is 2. The number of H-pyrrole nitrogens is 1. The summed E-state index contributed by atoms with van der Waals surface area (Å²) >= 11 is 3.34. The second kappa shape index (κ2) is 6.26. The van der Waals surface area contributed by atoms with E-state index in [0.29, 0.717) is 22.2 Å². The molecule has 3 rings (SSSR count). The van der Waals surface area contributed by atoms with Crippen LogP contribution in [0.2, 0.25) is 0 Å². The first-order chi connectivity index (χ1) is 11.5. The van der Waals surface area contributed by atoms with Crippen LogP contribution in [0.1, 0.15) is 11.1 Å². The molecule has 7 heteroatoms. The van der Waals surface area contributed by atoms with Gasteiger partial charge in [0.15, 0.2) is 0 Å². The van der Waals surface area contributed by atoms with Crippen molar-refractivity contribution < 1.29 is 5.11 Å². The molecule has 0 bridgehead atoms. The fraction of sp³-hybridized carbons (Fsp3) is 0.0588. The van der Waals surface area contributed by atoms with E-state index >= 15 is 0 Å². The number of pyridine rings is 1. The molecule has 0 aliphatic heterocycles. The Hall–Kier alpha value is -2.98. The quantitative estimate of drug-likeness (QED) is 0.633. The number of fused-ring (bicyclic) bond motifs is 1. The number of aromatic nitrogens is 1. The largest absolute Gasteiger partial charge is 0.506 e. The maximum Gasteiger partial charge on any atom is 0.266 e. The van der Waals surface area contributed by atoms with Crippen LogP contribution >= 0.6 is 15.9 Å². The van der Waals surface area contributed by atoms with E-state index in [1.807, 2.05) is 18.2 Å². The number of aromatic hydroxyl groups is 1. The summed E-state index contributed by atoms with van der Waals surface area (Å²) in [6.45, 7) is 1.65. The van der Waals surface area contributed by atoms with Crippen molar-refractivity contribution in [2.75, 3.05) is 0 Å². The molecular weight excluding hydrogens is 372 g/mol. The molecule has 0 unspecified atom stereocenters. The Morgan fingerprint density at radius 3 is 2.54 bits per heavy atom. The summed E-state index contributed by atoms with van der Waals surface area (Å²) in [5.74, 6) is -0.0811. The molecule has 24 heavy (non-hydrogen) atoms. The molecule has 0 saturated carbocycles. The first-order valence-corrected chi connectivity index (χ1v) is 7.76. The van der Waals surface area contributed by atoms with Gasteiger partial charge in [0.25, 0.3) is 5.56 Å². The van der Waals surface area contributed by atoms with Gasteiger partial charge < -0.3 is 10.1 Å². The number of benzene rings is 2. The summed E-state index contributed by atoms with van der Waals surface area (Å²) in [4.78, 5) is 14.5. The normalized spacial score (nSPS) is 11.0. The van der Waals surface area contributed by atoms with E-state index in [2.05, 4.69) is 31.1 Å². The molecule has 0 spiro atoms. The summed E-state index contributed by atoms with van der Waals surface area (Å²) in [5, 5.41) is 28.1. The molecule has 2 aromatic carbocycles. The van der Waals surface area contributed by atoms with Crippen LogP contribution in [0.25, 0.3) is 10.9 Å². The number of hydrogen-bond donors (Lipinski definition) is 2. The molecule has 0 fully saturated rings. The van der Waals surface area contributed by atoms with Gasteiger partial charge >= 0.3 is 0 Å². The number of nitriles is 1. The van der Waals surface area contributed by atoms with Crippen molar-refractivity contribution in [3.05, 3.63) is 62.4 Å². The monoisotopic (exact) mass is 382 g/mol. The van der Waals surface area contributed by atoms with Gasteiger partial charge in [-0.3, -0.25) is 4.79 Å². The highest BCUT2D eigenvalue weighted by Crippen LogP contribution is 2.37. The SMILES string of the molecule is Cc1c(C#N)c(=O)[nH]c2ccc(O)c(N=Nc3ccc(Br)cc3)c12. The summed E-state index contributed by atoms with van der Waals surface area (Å²) < 4.78 is 0.918. The molecule has 1 heterocycles. The van der Waals surface area contributed by atoms with Crippen molar-refractivity contribution in [2.24, 2.45) is 10.2 Å². The zero-order valence-electron chi connectivity index (χ0n) is 12.5. The molecule has 1 aromatic heterocycles. The minimum Gasteiger partial charge on any atom is -0.506 e. The Morgan fingerprint density at radius 2 is 1.88 bits per heavy atom. The Labute approximate surface area is 145 Å². The molecular formula is C17H11BrN4O2. The molecule has 0 aliphatic rings. The van der Waals surface area contributed by atoms with Crippen LogP contribution in [0, 0.1) is 18.3 Å². The van der Waals surface area contributed by atoms with E-state index in [1.165, 1.54) is 6.07 Å². The van der Waals surface area contributed by atoms with Gasteiger partial charge in [0.05, 0.1) is 11.2 Å². The summed E-state index contributed by atoms with van der Waals surface area (Å²) in [6, 6.07) is 12.1. The first-order valence-electron chi connectivity index (χ1n) is 6.97. The minimum atomic E-state index is -0.469. The third-order valence-corrected chi connectivity index (χ3v) is 4.11. The molecule has 0 amide bonds. The Kier molecular flexibility index (Phi) is 4.15. The number of halogens is 1. The highest BCUT2D eigenvalue weighted by Gasteiger charge is 2.15. The van der Waals surface area contributed by atoms with E-state index < -0.39 is 5.56 Å². The number of hydrogen-bond acceptors (Lipinski definition) is 5. The van der Waals surface area contributed by atoms with Crippen molar-refractivity contribution in [1.29, 1.82) is 5.26 Å². The van der Waals surface area contributed by atoms with Crippen molar-refractivity contribution in [2.45, 2.75) is 6.92 Å². The fourth-order valence-electron chi connectivity index (χ4n) is 2.40. The van der Waals surface area contributed by atoms with Crippen LogP contribution < -0.4 is 5.56 Å². The molecule has 118 valence electrons. The summed E-state index contributed by atoms with van der Waals surface area (Å²) in [7, 11) is 0. The second-order valence-corrected chi connectivity index (χ2v) is 6.01. The van der Waals surface area contributed by atoms with Crippen molar-refractivity contribution in [3.63, 3.8) is 0 Å². The predicted molar refractivity (Wildman–Crippen MR) is 94.0 cm³/mol. The van der Waals surface area contributed by atoms with E-state index in [-0.39, 0.29) is 17.0 Å². The highest BCUT2D eigenvalue weighted by atomic mass is 79.9. The number of nitrogens with zero attached hydrogens (tertiary/aromatic N) is 3. The zero-order valence-corrected chi connectivity index (χ0v) is 14.1. The second-order valence-electron chi connectivity index (χ2n) is 5.10. The lowest BCUT2D eigenvalue weighted by atomic mass is 10.0. The summed E-state index contributed by atoms with van der Waals surface area (Å²) in [6.07, 6.45) is 0. The third kappa shape index (κ3) is 2.79. The van der Waals surface area contributed by atoms with Crippen LogP contribution in [-0.2, 0) is 0 Å². The van der Waals surface area contributed by atoms with Crippen LogP contribution in [0.4, 0.5) is 11.4 Å². The lowest BCUT2D eigenvalue weighted by Crippen LogP contribution is -2.12. The fourth-order valence-corrected chi connectivity index (χ4v) is 2.66. The Bertz CT molecular complexity index is 1060. The molecule has 0 aliphatic carbocycles. The molecule has 0 radical (unpaired) electrons. The van der Waals surface area contributed by atoms with Crippen LogP contribution in [-0.4, -0.2) is 10.1 Å². The van der Waals surface area contributed by atoms with Gasteiger partial charge in [0.2, 0.25) is 0 Å². The number of aryl methyl sites for hydroxylation is 1. The van der Waals surface area contributed by atoms with Crippen LogP contribution in [0.3, 0.4) is 0 Å². The van der Waals surface area contributed by atoms with Gasteiger partial charge in [-0.15, -0.1) is 5.11 Å². The lowest BCUT2D eigenvalue weighted by Gasteiger charge is -2.08. The number of azo groups is 1. The maximum absolute atomic E-state index is 11.9. The lowest BCUT2D eigenvalue weighted by molar-refractivity contribution is 0.477. The zero-order chi connectivity index (χ0) is 17.3. The van der Waals surface area contributed by atoms with Crippen molar-refractivity contribution >= 4 is 38.2 Å². The van der Waals surface area contributed by atoms with Gasteiger partial charge in [-0.05, 0) is 48.9 Å². The van der Waals surface area contributed by atoms with Gasteiger partial charge in [-0.1, -0.05) is 15.9 Å². The number of aromatic amines is 1. The van der Waals surface area contributed by atoms with Gasteiger partial charge in [0.1, 0.15) is 23.1 Å². The molecule has 2 N–H and O–H groups in total. The van der Waals surface area contributed by atoms with Gasteiger partial charge in [-0.25, -0.2) is 0 Å². The Morgan fingerprint density at radius 1 is 1.17 bits per heavy atom. The molecule has 6 nitrogen and oxygen atoms in total. The number of nitrogens with one attached hydrogen (secondary N) is 1. The van der Waals surface area contributed by atoms with Crippen molar-refractivity contribution in [1.82, 2.24) is 4.98 Å². The molecule has 0 saturated heterocycles. The van der Waals surface area contributed by atoms with Crippen molar-refractivity contribution in [3.8, 4) is 11.8 Å². The molecule has 0 atom stereocenters. The Balaban J connectivity index is 2.23. The van der Waals surface area contributed by atoms with E-state index in [4.69, 9.17) is 5.26 Å².